The van der Waals surface area contributed by atoms with Crippen molar-refractivity contribution < 1.29 is 37.7 Å². The standard InChI is InChI=1S/C25H23Cl2N3O3.C2HF3O2/c26-17-10-16(11-18(27)12-17)21(14-25(31)32)22-15-30-23-13-19(5-6-20(22)23)33-9-3-8-29-24-4-1-2-7-28-24;3-2(4,5)1(6)7/h1-2,4-7,10-13,15,21,30H,3,8-9,14H2,(H,28,29)(H,31,32);(H,6,7). The molecule has 2 aromatic carbocycles. The zero-order valence-electron chi connectivity index (χ0n) is 20.7. The zero-order chi connectivity index (χ0) is 29.3. The molecule has 0 aliphatic carbocycles. The maximum Gasteiger partial charge on any atom is 0.490 e. The molecule has 0 spiro atoms. The van der Waals surface area contributed by atoms with Crippen molar-refractivity contribution >= 4 is 51.9 Å². The van der Waals surface area contributed by atoms with Crippen molar-refractivity contribution in [2.24, 2.45) is 0 Å². The number of carboxylic acids is 2. The Bertz CT molecular complexity index is 1430. The highest BCUT2D eigenvalue weighted by molar-refractivity contribution is 6.34. The molecule has 1 unspecified atom stereocenters. The van der Waals surface area contributed by atoms with Gasteiger partial charge in [0.15, 0.2) is 0 Å². The molecule has 0 saturated carbocycles. The van der Waals surface area contributed by atoms with Crippen LogP contribution in [0.3, 0.4) is 0 Å². The number of pyridine rings is 1. The summed E-state index contributed by atoms with van der Waals surface area (Å²) < 4.78 is 37.6. The van der Waals surface area contributed by atoms with Gasteiger partial charge in [-0.25, -0.2) is 9.78 Å². The third-order valence-electron chi connectivity index (χ3n) is 5.53. The summed E-state index contributed by atoms with van der Waals surface area (Å²) in [5.74, 6) is -2.46. The highest BCUT2D eigenvalue weighted by Crippen LogP contribution is 2.36. The summed E-state index contributed by atoms with van der Waals surface area (Å²) in [6, 6.07) is 16.7. The van der Waals surface area contributed by atoms with Gasteiger partial charge >= 0.3 is 18.1 Å². The number of aromatic amines is 1. The molecule has 1 atom stereocenters. The number of hydrogen-bond acceptors (Lipinski definition) is 5. The van der Waals surface area contributed by atoms with Crippen molar-refractivity contribution in [3.8, 4) is 5.75 Å². The summed E-state index contributed by atoms with van der Waals surface area (Å²) in [6.45, 7) is 1.31. The SMILES string of the molecule is O=C(O)C(F)(F)F.O=C(O)CC(c1cc(Cl)cc(Cl)c1)c1c[nH]c2cc(OCCCNc3ccccn3)ccc12. The minimum atomic E-state index is -5.08. The van der Waals surface area contributed by atoms with E-state index in [4.69, 9.17) is 37.8 Å². The van der Waals surface area contributed by atoms with Gasteiger partial charge in [-0.15, -0.1) is 0 Å². The number of benzene rings is 2. The molecular formula is C27H24Cl2F3N3O5. The molecule has 4 N–H and O–H groups in total. The van der Waals surface area contributed by atoms with Crippen LogP contribution >= 0.6 is 23.2 Å². The fraction of sp³-hybridized carbons (Fsp3) is 0.222. The normalized spacial score (nSPS) is 11.8. The Morgan fingerprint density at radius 2 is 1.75 bits per heavy atom. The third-order valence-corrected chi connectivity index (χ3v) is 5.97. The van der Waals surface area contributed by atoms with E-state index in [2.05, 4.69) is 15.3 Å². The van der Waals surface area contributed by atoms with E-state index in [1.54, 1.807) is 24.4 Å². The number of carboxylic acid groups (broad SMARTS) is 2. The van der Waals surface area contributed by atoms with Crippen molar-refractivity contribution in [3.63, 3.8) is 0 Å². The highest BCUT2D eigenvalue weighted by atomic mass is 35.5. The smallest absolute Gasteiger partial charge is 0.490 e. The largest absolute Gasteiger partial charge is 0.493 e. The highest BCUT2D eigenvalue weighted by Gasteiger charge is 2.38. The van der Waals surface area contributed by atoms with Crippen LogP contribution < -0.4 is 10.1 Å². The molecule has 2 aromatic heterocycles. The van der Waals surface area contributed by atoms with E-state index in [0.29, 0.717) is 16.7 Å². The molecule has 0 aliphatic rings. The number of nitrogens with zero attached hydrogens (tertiary/aromatic N) is 1. The molecule has 0 fully saturated rings. The van der Waals surface area contributed by atoms with E-state index in [1.165, 1.54) is 0 Å². The van der Waals surface area contributed by atoms with Gasteiger partial charge in [-0.05, 0) is 60.0 Å². The predicted molar refractivity (Wildman–Crippen MR) is 145 cm³/mol. The average molecular weight is 598 g/mol. The number of ether oxygens (including phenoxy) is 1. The Balaban J connectivity index is 0.000000559. The maximum absolute atomic E-state index is 11.6. The number of rotatable bonds is 10. The number of anilines is 1. The lowest BCUT2D eigenvalue weighted by atomic mass is 9.88. The van der Waals surface area contributed by atoms with Crippen LogP contribution in [0, 0.1) is 0 Å². The molecule has 0 amide bonds. The van der Waals surface area contributed by atoms with Crippen LogP contribution in [0.5, 0.6) is 5.75 Å². The molecule has 13 heteroatoms. The van der Waals surface area contributed by atoms with Crippen molar-refractivity contribution in [1.29, 1.82) is 0 Å². The number of carbonyl (C=O) groups is 2. The molecule has 0 bridgehead atoms. The summed E-state index contributed by atoms with van der Waals surface area (Å²) in [5, 5.41) is 21.8. The molecule has 0 aliphatic heterocycles. The Labute approximate surface area is 236 Å². The summed E-state index contributed by atoms with van der Waals surface area (Å²) in [7, 11) is 0. The fourth-order valence-electron chi connectivity index (χ4n) is 3.81. The molecule has 8 nitrogen and oxygen atoms in total. The van der Waals surface area contributed by atoms with E-state index in [1.807, 2.05) is 42.6 Å². The summed E-state index contributed by atoms with van der Waals surface area (Å²) in [6.07, 6.45) is -0.750. The van der Waals surface area contributed by atoms with Gasteiger partial charge in [0, 0.05) is 51.9 Å². The van der Waals surface area contributed by atoms with Gasteiger partial charge in [-0.2, -0.15) is 13.2 Å². The summed E-state index contributed by atoms with van der Waals surface area (Å²) in [4.78, 5) is 28.0. The van der Waals surface area contributed by atoms with Gasteiger partial charge in [0.1, 0.15) is 11.6 Å². The van der Waals surface area contributed by atoms with Gasteiger partial charge in [-0.3, -0.25) is 4.79 Å². The monoisotopic (exact) mass is 597 g/mol. The number of hydrogen-bond donors (Lipinski definition) is 4. The van der Waals surface area contributed by atoms with Crippen LogP contribution in [-0.4, -0.2) is 51.4 Å². The molecule has 40 heavy (non-hydrogen) atoms. The first kappa shape index (κ1) is 30.6. The number of aromatic nitrogens is 2. The second-order valence-electron chi connectivity index (χ2n) is 8.45. The van der Waals surface area contributed by atoms with Crippen molar-refractivity contribution in [3.05, 3.63) is 88.2 Å². The minimum absolute atomic E-state index is 0.0782. The average Bonchev–Trinajstić information content (AvgIpc) is 3.30. The van der Waals surface area contributed by atoms with Gasteiger partial charge in [0.05, 0.1) is 13.0 Å². The Kier molecular flexibility index (Phi) is 10.6. The van der Waals surface area contributed by atoms with E-state index in [-0.39, 0.29) is 6.42 Å². The predicted octanol–water partition coefficient (Wildman–Crippen LogP) is 6.99. The Hall–Kier alpha value is -3.96. The van der Waals surface area contributed by atoms with Crippen LogP contribution in [0.25, 0.3) is 10.9 Å². The molecule has 2 heterocycles. The number of halogens is 5. The van der Waals surface area contributed by atoms with Crippen LogP contribution in [-0.2, 0) is 9.59 Å². The van der Waals surface area contributed by atoms with Crippen molar-refractivity contribution in [2.75, 3.05) is 18.5 Å². The Morgan fingerprint density at radius 3 is 2.35 bits per heavy atom. The molecule has 0 radical (unpaired) electrons. The number of nitrogens with one attached hydrogen (secondary N) is 2. The molecular weight excluding hydrogens is 574 g/mol. The minimum Gasteiger partial charge on any atom is -0.493 e. The lowest BCUT2D eigenvalue weighted by Gasteiger charge is -2.16. The van der Waals surface area contributed by atoms with E-state index < -0.39 is 24.0 Å². The second kappa shape index (κ2) is 13.9. The number of alkyl halides is 3. The van der Waals surface area contributed by atoms with Crippen LogP contribution in [0.1, 0.15) is 29.9 Å². The topological polar surface area (TPSA) is 125 Å². The maximum atomic E-state index is 11.6. The van der Waals surface area contributed by atoms with Gasteiger partial charge < -0.3 is 25.3 Å². The zero-order valence-corrected chi connectivity index (χ0v) is 22.2. The number of fused-ring (bicyclic) bond motifs is 1. The lowest BCUT2D eigenvalue weighted by Crippen LogP contribution is -2.21. The van der Waals surface area contributed by atoms with E-state index in [9.17, 15) is 23.1 Å². The number of H-pyrrole nitrogens is 1. The van der Waals surface area contributed by atoms with Crippen LogP contribution in [0.4, 0.5) is 19.0 Å². The van der Waals surface area contributed by atoms with E-state index >= 15 is 0 Å². The van der Waals surface area contributed by atoms with Gasteiger partial charge in [0.2, 0.25) is 0 Å². The third kappa shape index (κ3) is 9.06. The van der Waals surface area contributed by atoms with Gasteiger partial charge in [-0.1, -0.05) is 29.3 Å². The Morgan fingerprint density at radius 1 is 1.05 bits per heavy atom. The first-order chi connectivity index (χ1) is 18.9. The first-order valence-corrected chi connectivity index (χ1v) is 12.6. The number of aliphatic carboxylic acids is 2. The second-order valence-corrected chi connectivity index (χ2v) is 9.32. The van der Waals surface area contributed by atoms with Crippen molar-refractivity contribution in [2.45, 2.75) is 24.9 Å². The molecule has 4 aromatic rings. The van der Waals surface area contributed by atoms with E-state index in [0.717, 1.165) is 46.6 Å². The van der Waals surface area contributed by atoms with Crippen molar-refractivity contribution in [1.82, 2.24) is 9.97 Å². The molecule has 0 saturated heterocycles. The quantitative estimate of drug-likeness (QED) is 0.145. The van der Waals surface area contributed by atoms with Crippen LogP contribution in [0.15, 0.2) is 67.0 Å². The summed E-state index contributed by atoms with van der Waals surface area (Å²) >= 11 is 12.3. The molecule has 4 rings (SSSR count). The first-order valence-electron chi connectivity index (χ1n) is 11.8. The summed E-state index contributed by atoms with van der Waals surface area (Å²) in [5.41, 5.74) is 2.51. The lowest BCUT2D eigenvalue weighted by molar-refractivity contribution is -0.192. The van der Waals surface area contributed by atoms with Gasteiger partial charge in [0.25, 0.3) is 0 Å². The molecule has 212 valence electrons. The fourth-order valence-corrected chi connectivity index (χ4v) is 4.35. The van der Waals surface area contributed by atoms with Crippen LogP contribution in [0.2, 0.25) is 10.0 Å².